The molecule has 21 heavy (non-hydrogen) atoms. The number of pyridine rings is 1. The fourth-order valence-electron chi connectivity index (χ4n) is 3.89. The summed E-state index contributed by atoms with van der Waals surface area (Å²) in [6.45, 7) is 2.24. The van der Waals surface area contributed by atoms with Crippen molar-refractivity contribution in [3.63, 3.8) is 0 Å². The molecule has 3 rings (SSSR count). The summed E-state index contributed by atoms with van der Waals surface area (Å²) in [5.74, 6) is -0.256. The number of amides is 1. The Morgan fingerprint density at radius 2 is 2.29 bits per heavy atom. The summed E-state index contributed by atoms with van der Waals surface area (Å²) in [7, 11) is 0. The first-order valence-electron chi connectivity index (χ1n) is 7.69. The van der Waals surface area contributed by atoms with Crippen LogP contribution in [-0.4, -0.2) is 23.5 Å². The number of carbonyl (C=O) groups is 1. The molecular formula is C16H22FN3O. The van der Waals surface area contributed by atoms with Crippen molar-refractivity contribution in [1.29, 1.82) is 0 Å². The molecule has 0 radical (unpaired) electrons. The Balaban J connectivity index is 1.77. The lowest BCUT2D eigenvalue weighted by Gasteiger charge is -2.45. The SMILES string of the molecule is Cc1cc(C(=O)NC2C(CN)CCC23CCC3)ncc1F. The third-order valence-electron chi connectivity index (χ3n) is 5.36. The summed E-state index contributed by atoms with van der Waals surface area (Å²) in [4.78, 5) is 16.3. The van der Waals surface area contributed by atoms with Crippen LogP contribution in [0.15, 0.2) is 12.3 Å². The van der Waals surface area contributed by atoms with Gasteiger partial charge in [-0.15, -0.1) is 0 Å². The molecule has 2 unspecified atom stereocenters. The Morgan fingerprint density at radius 3 is 2.86 bits per heavy atom. The highest BCUT2D eigenvalue weighted by molar-refractivity contribution is 5.92. The van der Waals surface area contributed by atoms with Gasteiger partial charge in [0.2, 0.25) is 0 Å². The monoisotopic (exact) mass is 291 g/mol. The molecule has 2 atom stereocenters. The van der Waals surface area contributed by atoms with Gasteiger partial charge in [0, 0.05) is 6.04 Å². The summed E-state index contributed by atoms with van der Waals surface area (Å²) in [5, 5.41) is 3.13. The van der Waals surface area contributed by atoms with Crippen molar-refractivity contribution in [2.45, 2.75) is 45.1 Å². The maximum atomic E-state index is 13.3. The number of aryl methyl sites for hydroxylation is 1. The average molecular weight is 291 g/mol. The molecule has 3 N–H and O–H groups in total. The lowest BCUT2D eigenvalue weighted by Crippen LogP contribution is -2.52. The number of rotatable bonds is 3. The van der Waals surface area contributed by atoms with Crippen molar-refractivity contribution >= 4 is 5.91 Å². The van der Waals surface area contributed by atoms with Crippen molar-refractivity contribution in [3.8, 4) is 0 Å². The zero-order valence-corrected chi connectivity index (χ0v) is 12.4. The minimum atomic E-state index is -0.386. The van der Waals surface area contributed by atoms with E-state index in [-0.39, 0.29) is 28.9 Å². The fourth-order valence-corrected chi connectivity index (χ4v) is 3.89. The quantitative estimate of drug-likeness (QED) is 0.897. The van der Waals surface area contributed by atoms with Crippen molar-refractivity contribution in [1.82, 2.24) is 10.3 Å². The number of hydrogen-bond acceptors (Lipinski definition) is 3. The summed E-state index contributed by atoms with van der Waals surface area (Å²) < 4.78 is 13.3. The molecule has 5 heteroatoms. The van der Waals surface area contributed by atoms with Gasteiger partial charge in [-0.1, -0.05) is 6.42 Å². The first kappa shape index (κ1) is 14.4. The first-order chi connectivity index (χ1) is 10.1. The van der Waals surface area contributed by atoms with Gasteiger partial charge < -0.3 is 11.1 Å². The van der Waals surface area contributed by atoms with Crippen LogP contribution in [0.5, 0.6) is 0 Å². The van der Waals surface area contributed by atoms with Crippen molar-refractivity contribution in [3.05, 3.63) is 29.3 Å². The normalized spacial score (nSPS) is 26.6. The van der Waals surface area contributed by atoms with Gasteiger partial charge in [-0.25, -0.2) is 9.37 Å². The van der Waals surface area contributed by atoms with Crippen LogP contribution >= 0.6 is 0 Å². The highest BCUT2D eigenvalue weighted by atomic mass is 19.1. The molecule has 0 saturated heterocycles. The molecule has 2 aliphatic rings. The van der Waals surface area contributed by atoms with E-state index in [0.29, 0.717) is 18.0 Å². The van der Waals surface area contributed by atoms with Gasteiger partial charge in [-0.3, -0.25) is 4.79 Å². The average Bonchev–Trinajstić information content (AvgIpc) is 2.80. The molecule has 0 bridgehead atoms. The van der Waals surface area contributed by atoms with Crippen molar-refractivity contribution < 1.29 is 9.18 Å². The molecule has 1 spiro atoms. The van der Waals surface area contributed by atoms with E-state index in [4.69, 9.17) is 5.73 Å². The summed E-state index contributed by atoms with van der Waals surface area (Å²) in [5.41, 5.74) is 6.83. The van der Waals surface area contributed by atoms with E-state index in [1.165, 1.54) is 25.3 Å². The van der Waals surface area contributed by atoms with Crippen LogP contribution in [0.25, 0.3) is 0 Å². The number of hydrogen-bond donors (Lipinski definition) is 2. The predicted octanol–water partition coefficient (Wildman–Crippen LogP) is 2.17. The van der Waals surface area contributed by atoms with E-state index >= 15 is 0 Å². The molecule has 1 heterocycles. The van der Waals surface area contributed by atoms with E-state index in [1.807, 2.05) is 0 Å². The van der Waals surface area contributed by atoms with Gasteiger partial charge >= 0.3 is 0 Å². The molecule has 4 nitrogen and oxygen atoms in total. The smallest absolute Gasteiger partial charge is 0.270 e. The third-order valence-corrected chi connectivity index (χ3v) is 5.36. The third kappa shape index (κ3) is 2.44. The standard InChI is InChI=1S/C16H22FN3O/c1-10-7-13(19-9-12(10)17)15(21)20-14-11(8-18)3-6-16(14)4-2-5-16/h7,9,11,14H,2-6,8,18H2,1H3,(H,20,21). The molecule has 2 fully saturated rings. The van der Waals surface area contributed by atoms with Crippen molar-refractivity contribution in [2.24, 2.45) is 17.1 Å². The first-order valence-corrected chi connectivity index (χ1v) is 7.69. The Kier molecular flexibility index (Phi) is 3.69. The maximum Gasteiger partial charge on any atom is 0.270 e. The molecule has 2 aliphatic carbocycles. The highest BCUT2D eigenvalue weighted by Crippen LogP contribution is 2.55. The largest absolute Gasteiger partial charge is 0.347 e. The molecular weight excluding hydrogens is 269 g/mol. The Bertz CT molecular complexity index is 556. The minimum Gasteiger partial charge on any atom is -0.347 e. The van der Waals surface area contributed by atoms with Gasteiger partial charge in [0.1, 0.15) is 11.5 Å². The van der Waals surface area contributed by atoms with Gasteiger partial charge in [-0.2, -0.15) is 0 Å². The number of aromatic nitrogens is 1. The maximum absolute atomic E-state index is 13.3. The lowest BCUT2D eigenvalue weighted by atomic mass is 9.64. The minimum absolute atomic E-state index is 0.135. The van der Waals surface area contributed by atoms with E-state index in [0.717, 1.165) is 19.0 Å². The zero-order valence-electron chi connectivity index (χ0n) is 12.4. The summed E-state index contributed by atoms with van der Waals surface area (Å²) >= 11 is 0. The van der Waals surface area contributed by atoms with E-state index in [2.05, 4.69) is 10.3 Å². The number of carbonyl (C=O) groups excluding carboxylic acids is 1. The molecule has 114 valence electrons. The number of nitrogens with zero attached hydrogens (tertiary/aromatic N) is 1. The van der Waals surface area contributed by atoms with Gasteiger partial charge in [0.15, 0.2) is 0 Å². The Morgan fingerprint density at radius 1 is 1.52 bits per heavy atom. The second-order valence-corrected chi connectivity index (χ2v) is 6.52. The second kappa shape index (κ2) is 5.37. The van der Waals surface area contributed by atoms with Gasteiger partial charge in [-0.05, 0) is 62.1 Å². The predicted molar refractivity (Wildman–Crippen MR) is 78.2 cm³/mol. The molecule has 2 saturated carbocycles. The zero-order chi connectivity index (χ0) is 15.0. The number of nitrogens with two attached hydrogens (primary N) is 1. The van der Waals surface area contributed by atoms with E-state index < -0.39 is 0 Å². The molecule has 1 aromatic rings. The highest BCUT2D eigenvalue weighted by Gasteiger charge is 2.51. The Labute approximate surface area is 124 Å². The van der Waals surface area contributed by atoms with Gasteiger partial charge in [0.05, 0.1) is 6.20 Å². The topological polar surface area (TPSA) is 68.0 Å². The van der Waals surface area contributed by atoms with Crippen LogP contribution < -0.4 is 11.1 Å². The van der Waals surface area contributed by atoms with E-state index in [1.54, 1.807) is 6.92 Å². The van der Waals surface area contributed by atoms with Crippen LogP contribution in [0.3, 0.4) is 0 Å². The molecule has 0 aliphatic heterocycles. The van der Waals surface area contributed by atoms with E-state index in [9.17, 15) is 9.18 Å². The Hall–Kier alpha value is -1.49. The summed E-state index contributed by atoms with van der Waals surface area (Å²) in [6, 6.07) is 1.64. The van der Waals surface area contributed by atoms with Crippen LogP contribution in [-0.2, 0) is 0 Å². The van der Waals surface area contributed by atoms with Gasteiger partial charge in [0.25, 0.3) is 5.91 Å². The number of nitrogens with one attached hydrogen (secondary N) is 1. The fraction of sp³-hybridized carbons (Fsp3) is 0.625. The second-order valence-electron chi connectivity index (χ2n) is 6.52. The van der Waals surface area contributed by atoms with Crippen molar-refractivity contribution in [2.75, 3.05) is 6.54 Å². The van der Waals surface area contributed by atoms with Crippen LogP contribution in [0.1, 0.15) is 48.2 Å². The molecule has 0 aromatic carbocycles. The number of halogens is 1. The van der Waals surface area contributed by atoms with Crippen LogP contribution in [0.2, 0.25) is 0 Å². The van der Waals surface area contributed by atoms with Crippen LogP contribution in [0.4, 0.5) is 4.39 Å². The lowest BCUT2D eigenvalue weighted by molar-refractivity contribution is 0.0689. The van der Waals surface area contributed by atoms with Crippen LogP contribution in [0, 0.1) is 24.1 Å². The molecule has 1 amide bonds. The molecule has 1 aromatic heterocycles. The summed E-state index contributed by atoms with van der Waals surface area (Å²) in [6.07, 6.45) is 6.91.